The van der Waals surface area contributed by atoms with E-state index in [1.165, 1.54) is 0 Å². The van der Waals surface area contributed by atoms with Crippen molar-refractivity contribution in [1.82, 2.24) is 29.9 Å². The zero-order valence-electron chi connectivity index (χ0n) is 22.6. The van der Waals surface area contributed by atoms with Gasteiger partial charge in [-0.05, 0) is 55.6 Å². The maximum Gasteiger partial charge on any atom is 0.490 e. The molecule has 2 aromatic carbocycles. The predicted octanol–water partition coefficient (Wildman–Crippen LogP) is 4.43. The summed E-state index contributed by atoms with van der Waals surface area (Å²) in [6, 6.07) is 17.1. The van der Waals surface area contributed by atoms with Gasteiger partial charge in [0.25, 0.3) is 5.91 Å². The Kier molecular flexibility index (Phi) is 9.99. The molecule has 1 saturated heterocycles. The van der Waals surface area contributed by atoms with Crippen molar-refractivity contribution in [1.29, 1.82) is 0 Å². The van der Waals surface area contributed by atoms with Crippen LogP contribution in [0.2, 0.25) is 5.02 Å². The molecule has 1 amide bonds. The van der Waals surface area contributed by atoms with Crippen LogP contribution in [-0.4, -0.2) is 94.0 Å². The van der Waals surface area contributed by atoms with E-state index in [2.05, 4.69) is 37.6 Å². The Morgan fingerprint density at radius 3 is 2.43 bits per heavy atom. The predicted molar refractivity (Wildman–Crippen MR) is 154 cm³/mol. The van der Waals surface area contributed by atoms with Crippen molar-refractivity contribution in [2.45, 2.75) is 6.18 Å². The van der Waals surface area contributed by atoms with Crippen LogP contribution in [0.5, 0.6) is 0 Å². The van der Waals surface area contributed by atoms with E-state index in [4.69, 9.17) is 21.5 Å². The largest absolute Gasteiger partial charge is 0.490 e. The molecule has 2 aromatic heterocycles. The normalized spacial score (nSPS) is 14.2. The standard InChI is InChI=1S/C26H28ClN7O.C2HF3O2/c1-32-11-13-33(14-12-32)10-9-29-26(35)19-7-8-28-25(16-19)34-24-6-5-23(15-20(24)18-30-34)31-22-4-2-3-21(27)17-22;3-2(4,5)1(6)7/h2-8,15-18,31H,9-14H2,1H3,(H,29,35);(H,6,7). The van der Waals surface area contributed by atoms with Gasteiger partial charge in [0, 0.05) is 72.8 Å². The molecule has 0 spiro atoms. The molecule has 1 fully saturated rings. The van der Waals surface area contributed by atoms with Crippen molar-refractivity contribution in [2.24, 2.45) is 0 Å². The molecule has 5 rings (SSSR count). The van der Waals surface area contributed by atoms with E-state index in [-0.39, 0.29) is 5.91 Å². The van der Waals surface area contributed by atoms with Gasteiger partial charge in [-0.1, -0.05) is 17.7 Å². The van der Waals surface area contributed by atoms with E-state index in [0.717, 1.165) is 55.0 Å². The highest BCUT2D eigenvalue weighted by molar-refractivity contribution is 6.30. The Morgan fingerprint density at radius 2 is 1.74 bits per heavy atom. The first-order chi connectivity index (χ1) is 20.0. The first kappa shape index (κ1) is 30.8. The second kappa shape index (κ2) is 13.6. The number of carboxylic acid groups (broad SMARTS) is 1. The van der Waals surface area contributed by atoms with Gasteiger partial charge < -0.3 is 20.6 Å². The van der Waals surface area contributed by atoms with Gasteiger partial charge >= 0.3 is 12.1 Å². The number of hydrogen-bond acceptors (Lipinski definition) is 7. The second-order valence-electron chi connectivity index (χ2n) is 9.57. The van der Waals surface area contributed by atoms with Crippen LogP contribution in [-0.2, 0) is 4.79 Å². The molecule has 14 heteroatoms. The number of nitrogens with zero attached hydrogens (tertiary/aromatic N) is 5. The number of nitrogens with one attached hydrogen (secondary N) is 2. The van der Waals surface area contributed by atoms with E-state index in [9.17, 15) is 18.0 Å². The lowest BCUT2D eigenvalue weighted by molar-refractivity contribution is -0.192. The lowest BCUT2D eigenvalue weighted by Crippen LogP contribution is -2.46. The summed E-state index contributed by atoms with van der Waals surface area (Å²) in [5.41, 5.74) is 3.32. The minimum atomic E-state index is -5.08. The van der Waals surface area contributed by atoms with Crippen molar-refractivity contribution < 1.29 is 27.9 Å². The van der Waals surface area contributed by atoms with Gasteiger partial charge in [0.1, 0.15) is 0 Å². The van der Waals surface area contributed by atoms with Crippen molar-refractivity contribution in [3.8, 4) is 5.82 Å². The van der Waals surface area contributed by atoms with Crippen LogP contribution in [0.4, 0.5) is 24.5 Å². The fourth-order valence-corrected chi connectivity index (χ4v) is 4.39. The first-order valence-electron chi connectivity index (χ1n) is 13.0. The van der Waals surface area contributed by atoms with Crippen molar-refractivity contribution in [2.75, 3.05) is 51.6 Å². The Hall–Kier alpha value is -4.20. The molecule has 0 saturated carbocycles. The Bertz CT molecular complexity index is 1540. The number of carboxylic acids is 1. The second-order valence-corrected chi connectivity index (χ2v) is 10.0. The number of alkyl halides is 3. The summed E-state index contributed by atoms with van der Waals surface area (Å²) in [6.07, 6.45) is -1.64. The molecule has 42 heavy (non-hydrogen) atoms. The van der Waals surface area contributed by atoms with Gasteiger partial charge in [-0.15, -0.1) is 0 Å². The molecule has 1 aliphatic heterocycles. The number of hydrogen-bond donors (Lipinski definition) is 3. The summed E-state index contributed by atoms with van der Waals surface area (Å²) in [7, 11) is 2.14. The SMILES string of the molecule is CN1CCN(CCNC(=O)c2ccnc(-n3ncc4cc(Nc5cccc(Cl)c5)ccc43)c2)CC1.O=C(O)C(F)(F)F. The van der Waals surface area contributed by atoms with Crippen molar-refractivity contribution in [3.05, 3.63) is 77.6 Å². The molecule has 4 aromatic rings. The van der Waals surface area contributed by atoms with E-state index < -0.39 is 12.1 Å². The number of benzene rings is 2. The van der Waals surface area contributed by atoms with E-state index in [0.29, 0.717) is 22.9 Å². The van der Waals surface area contributed by atoms with Crippen LogP contribution < -0.4 is 10.6 Å². The average Bonchev–Trinajstić information content (AvgIpc) is 3.37. The molecule has 3 heterocycles. The summed E-state index contributed by atoms with van der Waals surface area (Å²) >= 11 is 6.09. The zero-order chi connectivity index (χ0) is 30.3. The highest BCUT2D eigenvalue weighted by atomic mass is 35.5. The van der Waals surface area contributed by atoms with Crippen LogP contribution in [0.3, 0.4) is 0 Å². The van der Waals surface area contributed by atoms with Crippen LogP contribution in [0.1, 0.15) is 10.4 Å². The number of rotatable bonds is 7. The maximum atomic E-state index is 12.8. The number of piperazine rings is 1. The number of carbonyl (C=O) groups excluding carboxylic acids is 1. The Labute approximate surface area is 244 Å². The fourth-order valence-electron chi connectivity index (χ4n) is 4.20. The summed E-state index contributed by atoms with van der Waals surface area (Å²) in [6.45, 7) is 5.68. The third-order valence-electron chi connectivity index (χ3n) is 6.46. The maximum absolute atomic E-state index is 12.8. The highest BCUT2D eigenvalue weighted by Gasteiger charge is 2.38. The van der Waals surface area contributed by atoms with Crippen LogP contribution in [0, 0.1) is 0 Å². The van der Waals surface area contributed by atoms with E-state index >= 15 is 0 Å². The monoisotopic (exact) mass is 603 g/mol. The van der Waals surface area contributed by atoms with Gasteiger partial charge in [-0.3, -0.25) is 9.69 Å². The fraction of sp³-hybridized carbons (Fsp3) is 0.286. The molecule has 3 N–H and O–H groups in total. The molecular weight excluding hydrogens is 575 g/mol. The molecule has 0 atom stereocenters. The molecule has 0 radical (unpaired) electrons. The zero-order valence-corrected chi connectivity index (χ0v) is 23.4. The number of fused-ring (bicyclic) bond motifs is 1. The topological polar surface area (TPSA) is 116 Å². The van der Waals surface area contributed by atoms with Gasteiger partial charge in [0.15, 0.2) is 5.82 Å². The lowest BCUT2D eigenvalue weighted by Gasteiger charge is -2.32. The van der Waals surface area contributed by atoms with Gasteiger partial charge in [0.2, 0.25) is 0 Å². The van der Waals surface area contributed by atoms with Gasteiger partial charge in [-0.25, -0.2) is 14.5 Å². The summed E-state index contributed by atoms with van der Waals surface area (Å²) in [4.78, 5) is 30.8. The molecule has 0 aliphatic carbocycles. The molecule has 0 bridgehead atoms. The third kappa shape index (κ3) is 8.41. The number of halogens is 4. The molecule has 222 valence electrons. The number of aromatic nitrogens is 3. The highest BCUT2D eigenvalue weighted by Crippen LogP contribution is 2.25. The molecule has 1 aliphatic rings. The quantitative estimate of drug-likeness (QED) is 0.284. The smallest absolute Gasteiger partial charge is 0.475 e. The Balaban J connectivity index is 0.000000517. The number of anilines is 2. The number of amides is 1. The number of pyridine rings is 1. The molecular formula is C28H29ClF3N7O3. The van der Waals surface area contributed by atoms with Crippen molar-refractivity contribution in [3.63, 3.8) is 0 Å². The minimum absolute atomic E-state index is 0.104. The number of aliphatic carboxylic acids is 1. The molecule has 0 unspecified atom stereocenters. The Morgan fingerprint density at radius 1 is 1.02 bits per heavy atom. The first-order valence-corrected chi connectivity index (χ1v) is 13.3. The summed E-state index contributed by atoms with van der Waals surface area (Å²) < 4.78 is 33.5. The van der Waals surface area contributed by atoms with Gasteiger partial charge in [-0.2, -0.15) is 18.3 Å². The van der Waals surface area contributed by atoms with Gasteiger partial charge in [0.05, 0.1) is 11.7 Å². The van der Waals surface area contributed by atoms with Crippen LogP contribution >= 0.6 is 11.6 Å². The average molecular weight is 604 g/mol. The summed E-state index contributed by atoms with van der Waals surface area (Å²) in [5, 5.41) is 19.7. The van der Waals surface area contributed by atoms with Crippen molar-refractivity contribution >= 4 is 45.8 Å². The lowest BCUT2D eigenvalue weighted by atomic mass is 10.2. The minimum Gasteiger partial charge on any atom is -0.475 e. The number of carbonyl (C=O) groups is 2. The number of likely N-dealkylation sites (N-methyl/N-ethyl adjacent to an activating group) is 1. The molecule has 10 nitrogen and oxygen atoms in total. The van der Waals surface area contributed by atoms with E-state index in [1.54, 1.807) is 29.2 Å². The van der Waals surface area contributed by atoms with Crippen LogP contribution in [0.25, 0.3) is 16.7 Å². The summed E-state index contributed by atoms with van der Waals surface area (Å²) in [5.74, 6) is -2.26. The third-order valence-corrected chi connectivity index (χ3v) is 6.69. The van der Waals surface area contributed by atoms with E-state index in [1.807, 2.05) is 42.5 Å². The van der Waals surface area contributed by atoms with Crippen LogP contribution in [0.15, 0.2) is 67.0 Å².